The molecule has 1 aliphatic heterocycles. The van der Waals surface area contributed by atoms with Gasteiger partial charge in [-0.2, -0.15) is 0 Å². The summed E-state index contributed by atoms with van der Waals surface area (Å²) < 4.78 is 11.1. The highest BCUT2D eigenvalue weighted by Gasteiger charge is 2.26. The summed E-state index contributed by atoms with van der Waals surface area (Å²) in [5.74, 6) is 1.41. The van der Waals surface area contributed by atoms with Crippen molar-refractivity contribution in [2.24, 2.45) is 5.73 Å². The fraction of sp³-hybridized carbons (Fsp3) is 0.400. The molecular weight excluding hydrogens is 400 g/mol. The maximum Gasteiger partial charge on any atom is 0.269 e. The number of anilines is 1. The van der Waals surface area contributed by atoms with E-state index in [4.69, 9.17) is 15.2 Å². The maximum atomic E-state index is 11.9. The second kappa shape index (κ2) is 8.94. The lowest BCUT2D eigenvalue weighted by Crippen LogP contribution is -2.39. The van der Waals surface area contributed by atoms with E-state index in [0.29, 0.717) is 12.3 Å². The molecule has 0 aromatic carbocycles. The van der Waals surface area contributed by atoms with Crippen LogP contribution < -0.4 is 20.1 Å². The van der Waals surface area contributed by atoms with E-state index in [1.165, 1.54) is 0 Å². The minimum atomic E-state index is -0.607. The van der Waals surface area contributed by atoms with Gasteiger partial charge in [0.15, 0.2) is 11.5 Å². The van der Waals surface area contributed by atoms with Gasteiger partial charge in [-0.05, 0) is 24.1 Å². The summed E-state index contributed by atoms with van der Waals surface area (Å²) in [6.45, 7) is 3.44. The van der Waals surface area contributed by atoms with Crippen LogP contribution in [-0.4, -0.2) is 62.8 Å². The number of ether oxygens (including phenoxy) is 2. The van der Waals surface area contributed by atoms with Crippen molar-refractivity contribution in [2.45, 2.75) is 32.3 Å². The first-order chi connectivity index (χ1) is 15.0. The Morgan fingerprint density at radius 1 is 1.26 bits per heavy atom. The molecule has 1 aliphatic rings. The van der Waals surface area contributed by atoms with Crippen molar-refractivity contribution in [2.75, 3.05) is 25.1 Å². The van der Waals surface area contributed by atoms with Gasteiger partial charge in [0.1, 0.15) is 11.9 Å². The molecule has 0 atom stereocenters. The van der Waals surface area contributed by atoms with Crippen molar-refractivity contribution in [1.82, 2.24) is 30.6 Å². The van der Waals surface area contributed by atoms with Crippen molar-refractivity contribution >= 4 is 11.7 Å². The normalized spacial score (nSPS) is 14.5. The lowest BCUT2D eigenvalue weighted by molar-refractivity contribution is 0.0993. The van der Waals surface area contributed by atoms with E-state index >= 15 is 0 Å². The third-order valence-electron chi connectivity index (χ3n) is 5.35. The smallest absolute Gasteiger partial charge is 0.269 e. The number of hydrogen-bond donors (Lipinski definition) is 2. The van der Waals surface area contributed by atoms with Gasteiger partial charge in [0, 0.05) is 38.4 Å². The van der Waals surface area contributed by atoms with Crippen molar-refractivity contribution in [3.63, 3.8) is 0 Å². The average Bonchev–Trinajstić information content (AvgIpc) is 3.29. The zero-order valence-electron chi connectivity index (χ0n) is 17.4. The molecule has 162 valence electrons. The van der Waals surface area contributed by atoms with Gasteiger partial charge in [-0.3, -0.25) is 9.89 Å². The Morgan fingerprint density at radius 2 is 2.06 bits per heavy atom. The number of nitrogens with zero attached hydrogens (tertiary/aromatic N) is 6. The molecule has 1 saturated heterocycles. The van der Waals surface area contributed by atoms with Gasteiger partial charge in [0.05, 0.1) is 25.2 Å². The van der Waals surface area contributed by atoms with Crippen molar-refractivity contribution in [1.29, 1.82) is 0 Å². The van der Waals surface area contributed by atoms with E-state index < -0.39 is 5.91 Å². The number of piperidine rings is 1. The number of H-pyrrole nitrogens is 1. The Labute approximate surface area is 179 Å². The van der Waals surface area contributed by atoms with E-state index in [1.54, 1.807) is 25.6 Å². The Kier molecular flexibility index (Phi) is 5.92. The third-order valence-corrected chi connectivity index (χ3v) is 5.35. The van der Waals surface area contributed by atoms with Gasteiger partial charge >= 0.3 is 0 Å². The molecule has 1 fully saturated rings. The molecular formula is C20H24N8O3. The van der Waals surface area contributed by atoms with Crippen molar-refractivity contribution in [3.05, 3.63) is 47.0 Å². The van der Waals surface area contributed by atoms with Gasteiger partial charge in [-0.15, -0.1) is 15.3 Å². The number of methoxy groups -OCH3 is 1. The lowest BCUT2D eigenvalue weighted by Gasteiger charge is -2.33. The summed E-state index contributed by atoms with van der Waals surface area (Å²) in [5, 5.41) is 18.8. The van der Waals surface area contributed by atoms with Gasteiger partial charge in [0.2, 0.25) is 5.88 Å². The molecule has 4 rings (SSSR count). The molecule has 3 aromatic rings. The first-order valence-electron chi connectivity index (χ1n) is 9.97. The molecule has 3 aromatic heterocycles. The molecule has 31 heavy (non-hydrogen) atoms. The molecule has 0 aliphatic carbocycles. The number of nitrogens with one attached hydrogen (secondary N) is 1. The fourth-order valence-electron chi connectivity index (χ4n) is 3.69. The van der Waals surface area contributed by atoms with Gasteiger partial charge in [0.25, 0.3) is 5.91 Å². The summed E-state index contributed by atoms with van der Waals surface area (Å²) >= 11 is 0. The lowest BCUT2D eigenvalue weighted by atomic mass is 10.0. The fourth-order valence-corrected chi connectivity index (χ4v) is 3.69. The van der Waals surface area contributed by atoms with E-state index in [-0.39, 0.29) is 11.8 Å². The van der Waals surface area contributed by atoms with Crippen LogP contribution in [0.4, 0.5) is 5.82 Å². The first-order valence-corrected chi connectivity index (χ1v) is 9.97. The predicted molar refractivity (Wildman–Crippen MR) is 111 cm³/mol. The van der Waals surface area contributed by atoms with Crippen LogP contribution in [0.2, 0.25) is 0 Å². The number of amides is 1. The predicted octanol–water partition coefficient (Wildman–Crippen LogP) is 1.04. The number of rotatable bonds is 7. The molecule has 0 spiro atoms. The van der Waals surface area contributed by atoms with E-state index in [2.05, 4.69) is 35.5 Å². The summed E-state index contributed by atoms with van der Waals surface area (Å²) in [5.41, 5.74) is 8.06. The minimum absolute atomic E-state index is 0.0835. The summed E-state index contributed by atoms with van der Waals surface area (Å²) in [6, 6.07) is 3.63. The van der Waals surface area contributed by atoms with Crippen molar-refractivity contribution in [3.8, 4) is 11.6 Å². The zero-order valence-corrected chi connectivity index (χ0v) is 17.4. The number of aromatic nitrogens is 6. The van der Waals surface area contributed by atoms with Crippen LogP contribution in [0, 0.1) is 6.92 Å². The Morgan fingerprint density at radius 3 is 2.68 bits per heavy atom. The summed E-state index contributed by atoms with van der Waals surface area (Å²) in [6.07, 6.45) is 5.43. The number of nitrogens with two attached hydrogens (primary N) is 1. The molecule has 11 nitrogen and oxygen atoms in total. The second-order valence-electron chi connectivity index (χ2n) is 7.34. The zero-order chi connectivity index (χ0) is 21.8. The molecule has 0 saturated carbocycles. The third kappa shape index (κ3) is 4.55. The largest absolute Gasteiger partial charge is 0.489 e. The molecule has 1 amide bonds. The highest BCUT2D eigenvalue weighted by molar-refractivity contribution is 5.93. The van der Waals surface area contributed by atoms with Gasteiger partial charge < -0.3 is 20.1 Å². The molecule has 0 radical (unpaired) electrons. The molecule has 4 heterocycles. The van der Waals surface area contributed by atoms with Crippen LogP contribution in [0.1, 0.15) is 40.2 Å². The number of hydrogen-bond acceptors (Lipinski definition) is 9. The number of primary amides is 1. The maximum absolute atomic E-state index is 11.9. The Balaban J connectivity index is 1.46. The highest BCUT2D eigenvalue weighted by atomic mass is 16.5. The molecule has 0 unspecified atom stereocenters. The van der Waals surface area contributed by atoms with Crippen LogP contribution in [0.3, 0.4) is 0 Å². The monoisotopic (exact) mass is 424 g/mol. The van der Waals surface area contributed by atoms with E-state index in [9.17, 15) is 4.79 Å². The Hall–Kier alpha value is -3.76. The van der Waals surface area contributed by atoms with E-state index in [0.717, 1.165) is 54.3 Å². The minimum Gasteiger partial charge on any atom is -0.489 e. The van der Waals surface area contributed by atoms with Gasteiger partial charge in [-0.1, -0.05) is 5.21 Å². The SMILES string of the molecule is COc1ccc(OC2CCN(c3nnc(C(N)=O)c(Cc4cnn[nH]4)c3C)CC2)cn1. The van der Waals surface area contributed by atoms with Crippen LogP contribution in [-0.2, 0) is 6.42 Å². The second-order valence-corrected chi connectivity index (χ2v) is 7.34. The van der Waals surface area contributed by atoms with Crippen molar-refractivity contribution < 1.29 is 14.3 Å². The van der Waals surface area contributed by atoms with Crippen LogP contribution >= 0.6 is 0 Å². The topological polar surface area (TPSA) is 145 Å². The van der Waals surface area contributed by atoms with Crippen LogP contribution in [0.15, 0.2) is 24.5 Å². The highest BCUT2D eigenvalue weighted by Crippen LogP contribution is 2.27. The number of pyridine rings is 1. The first kappa shape index (κ1) is 20.5. The number of carbonyl (C=O) groups excluding carboxylic acids is 1. The molecule has 0 bridgehead atoms. The van der Waals surface area contributed by atoms with Crippen LogP contribution in [0.5, 0.6) is 11.6 Å². The summed E-state index contributed by atoms with van der Waals surface area (Å²) in [7, 11) is 1.58. The Bertz CT molecular complexity index is 1030. The quantitative estimate of drug-likeness (QED) is 0.568. The van der Waals surface area contributed by atoms with E-state index in [1.807, 2.05) is 13.0 Å². The standard InChI is InChI=1S/C20H24N8O3/c1-12-16(9-13-10-23-27-24-13)18(19(21)29)25-26-20(12)28-7-5-14(6-8-28)31-15-3-4-17(30-2)22-11-15/h3-4,10-11,14H,5-9H2,1-2H3,(H2,21,29)(H,23,24,27). The average molecular weight is 424 g/mol. The molecule has 11 heteroatoms. The van der Waals surface area contributed by atoms with Crippen LogP contribution in [0.25, 0.3) is 0 Å². The molecule has 3 N–H and O–H groups in total. The summed E-state index contributed by atoms with van der Waals surface area (Å²) in [4.78, 5) is 18.2. The van der Waals surface area contributed by atoms with Gasteiger partial charge in [-0.25, -0.2) is 4.98 Å². The number of carbonyl (C=O) groups is 1. The number of aromatic amines is 1.